The van der Waals surface area contributed by atoms with Crippen molar-refractivity contribution in [3.63, 3.8) is 0 Å². The van der Waals surface area contributed by atoms with Gasteiger partial charge in [0.2, 0.25) is 5.91 Å². The van der Waals surface area contributed by atoms with Crippen LogP contribution >= 0.6 is 35.7 Å². The molecule has 0 radical (unpaired) electrons. The summed E-state index contributed by atoms with van der Waals surface area (Å²) in [5.41, 5.74) is 0. The van der Waals surface area contributed by atoms with Crippen LogP contribution in [0.3, 0.4) is 0 Å². The second-order valence-corrected chi connectivity index (χ2v) is 3.98. The Labute approximate surface area is 112 Å². The molecule has 1 saturated heterocycles. The number of aliphatic imine (C=N–C) groups is 1. The Balaban J connectivity index is 0.00000196. The van der Waals surface area contributed by atoms with E-state index in [4.69, 9.17) is 0 Å². The molecule has 0 N–H and O–H groups in total. The van der Waals surface area contributed by atoms with Crippen LogP contribution in [-0.2, 0) is 4.79 Å². The average Bonchev–Trinajstić information content (AvgIpc) is 2.20. The van der Waals surface area contributed by atoms with E-state index < -0.39 is 0 Å². The molecule has 0 bridgehead atoms. The largest absolute Gasteiger partial charge is 0.348 e. The van der Waals surface area contributed by atoms with Gasteiger partial charge in [0.25, 0.3) is 0 Å². The molecule has 88 valence electrons. The highest BCUT2D eigenvalue weighted by molar-refractivity contribution is 14.0. The summed E-state index contributed by atoms with van der Waals surface area (Å²) < 4.78 is 0. The SMILES string of the molecule is C/N=C(/SC)N1CCN(C(C)=O)CC1.I. The predicted molar refractivity (Wildman–Crippen MR) is 76.1 cm³/mol. The van der Waals surface area contributed by atoms with Gasteiger partial charge in [-0.25, -0.2) is 0 Å². The first-order valence-electron chi connectivity index (χ1n) is 4.70. The molecule has 4 nitrogen and oxygen atoms in total. The number of amides is 1. The van der Waals surface area contributed by atoms with E-state index >= 15 is 0 Å². The number of amidine groups is 1. The molecule has 1 rings (SSSR count). The van der Waals surface area contributed by atoms with E-state index in [-0.39, 0.29) is 29.9 Å². The molecule has 0 aliphatic carbocycles. The third-order valence-corrected chi connectivity index (χ3v) is 3.18. The third-order valence-electron chi connectivity index (χ3n) is 2.37. The van der Waals surface area contributed by atoms with Crippen molar-refractivity contribution in [3.05, 3.63) is 0 Å². The van der Waals surface area contributed by atoms with Gasteiger partial charge in [0.05, 0.1) is 0 Å². The molecule has 15 heavy (non-hydrogen) atoms. The number of carbonyl (C=O) groups excluding carboxylic acids is 1. The van der Waals surface area contributed by atoms with Crippen molar-refractivity contribution < 1.29 is 4.79 Å². The van der Waals surface area contributed by atoms with Crippen molar-refractivity contribution in [2.24, 2.45) is 4.99 Å². The topological polar surface area (TPSA) is 35.9 Å². The fourth-order valence-electron chi connectivity index (χ4n) is 1.57. The fraction of sp³-hybridized carbons (Fsp3) is 0.778. The van der Waals surface area contributed by atoms with E-state index in [1.165, 1.54) is 0 Å². The van der Waals surface area contributed by atoms with Gasteiger partial charge >= 0.3 is 0 Å². The minimum atomic E-state index is 0. The van der Waals surface area contributed by atoms with E-state index in [9.17, 15) is 4.79 Å². The maximum absolute atomic E-state index is 11.1. The van der Waals surface area contributed by atoms with Gasteiger partial charge < -0.3 is 9.80 Å². The van der Waals surface area contributed by atoms with Gasteiger partial charge in [-0.15, -0.1) is 24.0 Å². The van der Waals surface area contributed by atoms with Crippen molar-refractivity contribution >= 4 is 46.8 Å². The summed E-state index contributed by atoms with van der Waals surface area (Å²) in [4.78, 5) is 19.4. The summed E-state index contributed by atoms with van der Waals surface area (Å²) in [5, 5.41) is 1.06. The van der Waals surface area contributed by atoms with Crippen molar-refractivity contribution in [3.8, 4) is 0 Å². The summed E-state index contributed by atoms with van der Waals surface area (Å²) in [5.74, 6) is 0.170. The minimum absolute atomic E-state index is 0. The average molecular weight is 343 g/mol. The minimum Gasteiger partial charge on any atom is -0.348 e. The van der Waals surface area contributed by atoms with Crippen molar-refractivity contribution in [1.29, 1.82) is 0 Å². The lowest BCUT2D eigenvalue weighted by molar-refractivity contribution is -0.130. The van der Waals surface area contributed by atoms with E-state index in [0.29, 0.717) is 0 Å². The van der Waals surface area contributed by atoms with Gasteiger partial charge in [0, 0.05) is 40.2 Å². The lowest BCUT2D eigenvalue weighted by Crippen LogP contribution is -2.49. The van der Waals surface area contributed by atoms with Crippen molar-refractivity contribution in [2.45, 2.75) is 6.92 Å². The van der Waals surface area contributed by atoms with E-state index in [0.717, 1.165) is 31.3 Å². The molecule has 1 aliphatic rings. The van der Waals surface area contributed by atoms with Crippen molar-refractivity contribution in [2.75, 3.05) is 39.5 Å². The Morgan fingerprint density at radius 2 is 1.67 bits per heavy atom. The van der Waals surface area contributed by atoms with Gasteiger partial charge in [-0.05, 0) is 6.26 Å². The molecule has 1 amide bonds. The number of halogens is 1. The first kappa shape index (κ1) is 15.0. The molecule has 0 aromatic carbocycles. The van der Waals surface area contributed by atoms with Gasteiger partial charge in [-0.3, -0.25) is 9.79 Å². The highest BCUT2D eigenvalue weighted by atomic mass is 127. The smallest absolute Gasteiger partial charge is 0.219 e. The summed E-state index contributed by atoms with van der Waals surface area (Å²) in [6, 6.07) is 0. The Morgan fingerprint density at radius 3 is 2.00 bits per heavy atom. The fourth-order valence-corrected chi connectivity index (χ4v) is 2.20. The molecule has 1 fully saturated rings. The number of hydrogen-bond acceptors (Lipinski definition) is 3. The molecule has 0 spiro atoms. The Hall–Kier alpha value is 0.0200. The van der Waals surface area contributed by atoms with Crippen molar-refractivity contribution in [1.82, 2.24) is 9.80 Å². The first-order valence-corrected chi connectivity index (χ1v) is 5.92. The normalized spacial score (nSPS) is 17.4. The zero-order chi connectivity index (χ0) is 10.6. The second kappa shape index (κ2) is 7.32. The maximum atomic E-state index is 11.1. The summed E-state index contributed by atoms with van der Waals surface area (Å²) in [6.45, 7) is 5.04. The van der Waals surface area contributed by atoms with Crippen LogP contribution in [0, 0.1) is 0 Å². The number of rotatable bonds is 0. The predicted octanol–water partition coefficient (Wildman–Crippen LogP) is 1.12. The standard InChI is InChI=1S/C9H17N3OS.HI/c1-8(13)11-4-6-12(7-5-11)9(10-2)14-3;/h4-7H2,1-3H3;1H/b10-9+;. The number of carbonyl (C=O) groups is 1. The Kier molecular flexibility index (Phi) is 7.33. The zero-order valence-electron chi connectivity index (χ0n) is 9.39. The third kappa shape index (κ3) is 4.18. The van der Waals surface area contributed by atoms with Gasteiger partial charge in [-0.2, -0.15) is 0 Å². The van der Waals surface area contributed by atoms with E-state index in [2.05, 4.69) is 9.89 Å². The van der Waals surface area contributed by atoms with Crippen LogP contribution < -0.4 is 0 Å². The monoisotopic (exact) mass is 343 g/mol. The van der Waals surface area contributed by atoms with Gasteiger partial charge in [0.1, 0.15) is 0 Å². The zero-order valence-corrected chi connectivity index (χ0v) is 12.5. The van der Waals surface area contributed by atoms with Crippen LogP contribution in [0.15, 0.2) is 4.99 Å². The molecule has 0 unspecified atom stereocenters. The van der Waals surface area contributed by atoms with Crippen LogP contribution in [0.2, 0.25) is 0 Å². The van der Waals surface area contributed by atoms with Crippen LogP contribution in [0.5, 0.6) is 0 Å². The van der Waals surface area contributed by atoms with Gasteiger partial charge in [-0.1, -0.05) is 11.8 Å². The van der Waals surface area contributed by atoms with E-state index in [1.807, 2.05) is 18.2 Å². The lowest BCUT2D eigenvalue weighted by Gasteiger charge is -2.35. The second-order valence-electron chi connectivity index (χ2n) is 3.20. The summed E-state index contributed by atoms with van der Waals surface area (Å²) >= 11 is 1.66. The molecule has 0 atom stereocenters. The van der Waals surface area contributed by atoms with Gasteiger partial charge in [0.15, 0.2) is 5.17 Å². The highest BCUT2D eigenvalue weighted by Crippen LogP contribution is 2.09. The quantitative estimate of drug-likeness (QED) is 0.376. The van der Waals surface area contributed by atoms with Crippen LogP contribution in [0.1, 0.15) is 6.92 Å². The molecule has 1 aliphatic heterocycles. The highest BCUT2D eigenvalue weighted by Gasteiger charge is 2.19. The van der Waals surface area contributed by atoms with Crippen LogP contribution in [-0.4, -0.2) is 60.4 Å². The van der Waals surface area contributed by atoms with E-state index in [1.54, 1.807) is 18.7 Å². The Bertz CT molecular complexity index is 240. The molecule has 6 heteroatoms. The molecule has 1 heterocycles. The summed E-state index contributed by atoms with van der Waals surface area (Å²) in [6.07, 6.45) is 2.03. The number of piperazine rings is 1. The number of hydrogen-bond donors (Lipinski definition) is 0. The molecular formula is C9H18IN3OS. The maximum Gasteiger partial charge on any atom is 0.219 e. The first-order chi connectivity index (χ1) is 6.69. The number of thioether (sulfide) groups is 1. The Morgan fingerprint density at radius 1 is 1.20 bits per heavy atom. The molecule has 0 aromatic rings. The number of nitrogens with zero attached hydrogens (tertiary/aromatic N) is 3. The van der Waals surface area contributed by atoms with Crippen LogP contribution in [0.25, 0.3) is 0 Å². The summed E-state index contributed by atoms with van der Waals surface area (Å²) in [7, 11) is 1.81. The lowest BCUT2D eigenvalue weighted by atomic mass is 10.3. The molecule has 0 aromatic heterocycles. The molecular weight excluding hydrogens is 325 g/mol. The molecule has 0 saturated carbocycles. The van der Waals surface area contributed by atoms with Crippen LogP contribution in [0.4, 0.5) is 0 Å².